The largest absolute Gasteiger partial charge is 0.493 e. The summed E-state index contributed by atoms with van der Waals surface area (Å²) >= 11 is 0. The number of nitrogen functional groups attached to an aromatic ring is 1. The minimum absolute atomic E-state index is 0.0828. The molecule has 0 spiro atoms. The third-order valence-corrected chi connectivity index (χ3v) is 7.49. The molecule has 1 aliphatic heterocycles. The fourth-order valence-corrected chi connectivity index (χ4v) is 5.44. The molecule has 0 saturated carbocycles. The first-order chi connectivity index (χ1) is 20.4. The summed E-state index contributed by atoms with van der Waals surface area (Å²) in [6, 6.07) is 34.4. The van der Waals surface area contributed by atoms with Crippen molar-refractivity contribution in [3.63, 3.8) is 0 Å². The van der Waals surface area contributed by atoms with Gasteiger partial charge in [0.1, 0.15) is 23.9 Å². The average Bonchev–Trinajstić information content (AvgIpc) is 3.29. The van der Waals surface area contributed by atoms with Gasteiger partial charge in [0.05, 0.1) is 25.4 Å². The molecule has 0 unspecified atom stereocenters. The topological polar surface area (TPSA) is 72.2 Å². The van der Waals surface area contributed by atoms with Gasteiger partial charge in [0.25, 0.3) is 0 Å². The molecule has 1 saturated heterocycles. The van der Waals surface area contributed by atoms with Gasteiger partial charge in [-0.3, -0.25) is 0 Å². The van der Waals surface area contributed by atoms with Gasteiger partial charge in [0.15, 0.2) is 5.79 Å². The van der Waals surface area contributed by atoms with E-state index in [0.29, 0.717) is 32.7 Å². The summed E-state index contributed by atoms with van der Waals surface area (Å²) in [5, 5.41) is 4.41. The van der Waals surface area contributed by atoms with Crippen molar-refractivity contribution < 1.29 is 23.7 Å². The van der Waals surface area contributed by atoms with E-state index in [9.17, 15) is 0 Å². The van der Waals surface area contributed by atoms with Gasteiger partial charge in [-0.05, 0) is 89.5 Å². The number of fused-ring (bicyclic) bond motifs is 2. The predicted octanol–water partition coefficient (Wildman–Crippen LogP) is 7.91. The Hall–Kier alpha value is -4.26. The van der Waals surface area contributed by atoms with Crippen LogP contribution < -0.4 is 19.9 Å². The maximum Gasteiger partial charge on any atom is 0.163 e. The van der Waals surface area contributed by atoms with Crippen LogP contribution in [-0.2, 0) is 16.1 Å². The van der Waals surface area contributed by atoms with Gasteiger partial charge in [0.2, 0.25) is 0 Å². The third-order valence-electron chi connectivity index (χ3n) is 7.49. The van der Waals surface area contributed by atoms with Gasteiger partial charge in [-0.1, -0.05) is 54.6 Å². The molecular weight excluding hydrogens is 526 g/mol. The van der Waals surface area contributed by atoms with E-state index in [1.54, 1.807) is 0 Å². The maximum absolute atomic E-state index is 6.23. The van der Waals surface area contributed by atoms with Crippen molar-refractivity contribution in [2.75, 3.05) is 18.9 Å². The molecule has 6 nitrogen and oxygen atoms in total. The van der Waals surface area contributed by atoms with Gasteiger partial charge in [-0.2, -0.15) is 0 Å². The zero-order valence-electron chi connectivity index (χ0n) is 24.1. The minimum atomic E-state index is -0.644. The Labute approximate surface area is 246 Å². The first kappa shape index (κ1) is 27.9. The SMILES string of the molecule is CC1(C)O[C@H](CCOc2ccc3ccc(N)cc3c2)[C@@H](CCOc2ccc3ccc(OCc4ccccc4)cc3c2)O1. The molecule has 42 heavy (non-hydrogen) atoms. The van der Waals surface area contributed by atoms with Crippen molar-refractivity contribution in [1.29, 1.82) is 0 Å². The molecule has 0 bridgehead atoms. The molecular formula is C36H37NO5. The molecule has 0 aliphatic carbocycles. The molecule has 0 aromatic heterocycles. The first-order valence-corrected chi connectivity index (χ1v) is 14.5. The Kier molecular flexibility index (Phi) is 8.17. The van der Waals surface area contributed by atoms with Crippen molar-refractivity contribution in [2.45, 2.75) is 51.3 Å². The molecule has 216 valence electrons. The van der Waals surface area contributed by atoms with E-state index in [1.807, 2.05) is 80.6 Å². The Morgan fingerprint density at radius 2 is 1.10 bits per heavy atom. The van der Waals surface area contributed by atoms with Crippen LogP contribution in [0.4, 0.5) is 5.69 Å². The molecule has 1 aliphatic rings. The van der Waals surface area contributed by atoms with Crippen molar-refractivity contribution >= 4 is 27.2 Å². The van der Waals surface area contributed by atoms with Crippen LogP contribution in [0.2, 0.25) is 0 Å². The highest BCUT2D eigenvalue weighted by molar-refractivity contribution is 5.86. The van der Waals surface area contributed by atoms with E-state index >= 15 is 0 Å². The van der Waals surface area contributed by atoms with Gasteiger partial charge in [0, 0.05) is 18.5 Å². The Bertz CT molecular complexity index is 1650. The van der Waals surface area contributed by atoms with Crippen LogP contribution in [0.15, 0.2) is 103 Å². The molecule has 0 radical (unpaired) electrons. The van der Waals surface area contributed by atoms with Gasteiger partial charge < -0.3 is 29.4 Å². The second-order valence-electron chi connectivity index (χ2n) is 11.2. The Morgan fingerprint density at radius 1 is 0.595 bits per heavy atom. The van der Waals surface area contributed by atoms with Crippen molar-refractivity contribution in [3.8, 4) is 17.2 Å². The van der Waals surface area contributed by atoms with Crippen molar-refractivity contribution in [3.05, 3.63) is 109 Å². The molecule has 2 N–H and O–H groups in total. The standard InChI is InChI=1S/C36H37NO5/c1-36(2)41-34(16-18-38-31-13-9-26-8-12-30(37)20-28(26)21-31)35(42-36)17-19-39-32-14-10-27-11-15-33(23-29(27)22-32)40-24-25-6-4-3-5-7-25/h3-15,20-23,34-35H,16-19,24,37H2,1-2H3/t34-,35-/m1/s1. The number of hydrogen-bond acceptors (Lipinski definition) is 6. The van der Waals surface area contributed by atoms with Crippen molar-refractivity contribution in [1.82, 2.24) is 0 Å². The number of anilines is 1. The van der Waals surface area contributed by atoms with E-state index in [2.05, 4.69) is 36.4 Å². The lowest BCUT2D eigenvalue weighted by atomic mass is 10.1. The highest BCUT2D eigenvalue weighted by atomic mass is 16.8. The van der Waals surface area contributed by atoms with Crippen LogP contribution in [0.5, 0.6) is 17.2 Å². The lowest BCUT2D eigenvalue weighted by molar-refractivity contribution is -0.147. The van der Waals surface area contributed by atoms with E-state index in [4.69, 9.17) is 29.4 Å². The zero-order chi connectivity index (χ0) is 28.9. The molecule has 5 aromatic carbocycles. The highest BCUT2D eigenvalue weighted by Crippen LogP contribution is 2.33. The molecule has 5 aromatic rings. The van der Waals surface area contributed by atoms with Crippen LogP contribution in [0.25, 0.3) is 21.5 Å². The summed E-state index contributed by atoms with van der Waals surface area (Å²) in [6.07, 6.45) is 1.26. The van der Waals surface area contributed by atoms with Crippen LogP contribution >= 0.6 is 0 Å². The normalized spacial score (nSPS) is 17.9. The van der Waals surface area contributed by atoms with E-state index in [1.165, 1.54) is 0 Å². The fourth-order valence-electron chi connectivity index (χ4n) is 5.44. The quantitative estimate of drug-likeness (QED) is 0.165. The number of nitrogens with two attached hydrogens (primary N) is 1. The monoisotopic (exact) mass is 563 g/mol. The smallest absolute Gasteiger partial charge is 0.163 e. The minimum Gasteiger partial charge on any atom is -0.493 e. The molecule has 0 amide bonds. The average molecular weight is 564 g/mol. The van der Waals surface area contributed by atoms with Crippen LogP contribution in [-0.4, -0.2) is 31.2 Å². The summed E-state index contributed by atoms with van der Waals surface area (Å²) in [5.41, 5.74) is 7.83. The van der Waals surface area contributed by atoms with E-state index in [0.717, 1.165) is 50.0 Å². The van der Waals surface area contributed by atoms with Crippen LogP contribution in [0, 0.1) is 0 Å². The van der Waals surface area contributed by atoms with Gasteiger partial charge >= 0.3 is 0 Å². The molecule has 1 fully saturated rings. The third kappa shape index (κ3) is 6.96. The first-order valence-electron chi connectivity index (χ1n) is 14.5. The molecule has 6 rings (SSSR count). The summed E-state index contributed by atoms with van der Waals surface area (Å²) in [6.45, 7) is 5.48. The summed E-state index contributed by atoms with van der Waals surface area (Å²) in [4.78, 5) is 0. The van der Waals surface area contributed by atoms with E-state index < -0.39 is 5.79 Å². The van der Waals surface area contributed by atoms with Crippen LogP contribution in [0.1, 0.15) is 32.3 Å². The summed E-state index contributed by atoms with van der Waals surface area (Å²) in [7, 11) is 0. The molecule has 6 heteroatoms. The maximum atomic E-state index is 6.23. The Morgan fingerprint density at radius 3 is 1.67 bits per heavy atom. The number of hydrogen-bond donors (Lipinski definition) is 1. The lowest BCUT2D eigenvalue weighted by Gasteiger charge is -2.17. The van der Waals surface area contributed by atoms with Crippen LogP contribution in [0.3, 0.4) is 0 Å². The summed E-state index contributed by atoms with van der Waals surface area (Å²) < 4.78 is 30.7. The number of benzene rings is 5. The Balaban J connectivity index is 1.02. The zero-order valence-corrected chi connectivity index (χ0v) is 24.1. The number of ether oxygens (including phenoxy) is 5. The summed E-state index contributed by atoms with van der Waals surface area (Å²) in [5.74, 6) is 1.82. The van der Waals surface area contributed by atoms with E-state index in [-0.39, 0.29) is 12.2 Å². The molecule has 1 heterocycles. The predicted molar refractivity (Wildman–Crippen MR) is 167 cm³/mol. The molecule has 2 atom stereocenters. The van der Waals surface area contributed by atoms with Gasteiger partial charge in [-0.25, -0.2) is 0 Å². The number of rotatable bonds is 11. The fraction of sp³-hybridized carbons (Fsp3) is 0.278. The van der Waals surface area contributed by atoms with Gasteiger partial charge in [-0.15, -0.1) is 0 Å². The second kappa shape index (κ2) is 12.3. The lowest BCUT2D eigenvalue weighted by Crippen LogP contribution is -2.26. The highest BCUT2D eigenvalue weighted by Gasteiger charge is 2.40. The second-order valence-corrected chi connectivity index (χ2v) is 11.2. The van der Waals surface area contributed by atoms with Crippen molar-refractivity contribution in [2.24, 2.45) is 0 Å².